The summed E-state index contributed by atoms with van der Waals surface area (Å²) < 4.78 is 5.31. The van der Waals surface area contributed by atoms with Gasteiger partial charge in [0.2, 0.25) is 0 Å². The summed E-state index contributed by atoms with van der Waals surface area (Å²) in [5.41, 5.74) is 0. The van der Waals surface area contributed by atoms with Crippen LogP contribution in [0.4, 0.5) is 4.79 Å². The Morgan fingerprint density at radius 3 is 2.43 bits per heavy atom. The average molecular weight is 200 g/mol. The number of likely N-dealkylation sites (tertiary alicyclic amines) is 1. The maximum absolute atomic E-state index is 11.3. The number of hydrogen-bond acceptors (Lipinski definition) is 3. The minimum atomic E-state index is -0.222. The number of amides is 1. The van der Waals surface area contributed by atoms with E-state index >= 15 is 0 Å². The Morgan fingerprint density at radius 1 is 1.43 bits per heavy atom. The van der Waals surface area contributed by atoms with Gasteiger partial charge in [-0.3, -0.25) is 0 Å². The Hall–Kier alpha value is -0.770. The normalized spacial score (nSPS) is 19.4. The maximum atomic E-state index is 11.3. The minimum Gasteiger partial charge on any atom is -0.446 e. The summed E-state index contributed by atoms with van der Waals surface area (Å²) in [5.74, 6) is 0. The van der Waals surface area contributed by atoms with Crippen molar-refractivity contribution in [3.05, 3.63) is 0 Å². The molecule has 1 heterocycles. The van der Waals surface area contributed by atoms with Gasteiger partial charge in [0.15, 0.2) is 0 Å². The van der Waals surface area contributed by atoms with Gasteiger partial charge >= 0.3 is 6.09 Å². The van der Waals surface area contributed by atoms with Crippen molar-refractivity contribution in [1.29, 1.82) is 0 Å². The van der Waals surface area contributed by atoms with Crippen molar-refractivity contribution in [3.8, 4) is 0 Å². The van der Waals surface area contributed by atoms with E-state index in [0.717, 1.165) is 32.5 Å². The molecule has 0 radical (unpaired) electrons. The number of rotatable bonds is 2. The molecule has 4 heteroatoms. The van der Waals surface area contributed by atoms with Crippen LogP contribution in [0.5, 0.6) is 0 Å². The number of nitrogens with zero attached hydrogens (tertiary/aromatic N) is 2. The van der Waals surface area contributed by atoms with Crippen molar-refractivity contribution in [2.75, 3.05) is 33.7 Å². The van der Waals surface area contributed by atoms with E-state index in [-0.39, 0.29) is 12.2 Å². The molecule has 0 aromatic carbocycles. The quantitative estimate of drug-likeness (QED) is 0.670. The van der Waals surface area contributed by atoms with Crippen LogP contribution >= 0.6 is 0 Å². The number of carbonyl (C=O) groups excluding carboxylic acids is 1. The lowest BCUT2D eigenvalue weighted by Gasteiger charge is -2.31. The van der Waals surface area contributed by atoms with Crippen molar-refractivity contribution >= 4 is 6.09 Å². The topological polar surface area (TPSA) is 32.8 Å². The van der Waals surface area contributed by atoms with Crippen LogP contribution in [0.25, 0.3) is 0 Å². The van der Waals surface area contributed by atoms with Crippen LogP contribution in [0.15, 0.2) is 0 Å². The monoisotopic (exact) mass is 200 g/mol. The van der Waals surface area contributed by atoms with E-state index in [2.05, 4.69) is 11.8 Å². The van der Waals surface area contributed by atoms with Crippen molar-refractivity contribution in [2.24, 2.45) is 0 Å². The Balaban J connectivity index is 2.25. The Labute approximate surface area is 85.8 Å². The SMILES string of the molecule is CCN1CCC(OC(=O)N(C)C)CC1. The molecule has 0 aromatic heterocycles. The number of ether oxygens (including phenoxy) is 1. The van der Waals surface area contributed by atoms with Gasteiger partial charge in [-0.15, -0.1) is 0 Å². The molecular formula is C10H20N2O2. The summed E-state index contributed by atoms with van der Waals surface area (Å²) in [7, 11) is 3.42. The molecule has 0 atom stereocenters. The molecule has 4 nitrogen and oxygen atoms in total. The first-order valence-electron chi connectivity index (χ1n) is 5.23. The highest BCUT2D eigenvalue weighted by Crippen LogP contribution is 2.13. The van der Waals surface area contributed by atoms with Gasteiger partial charge in [0.25, 0.3) is 0 Å². The molecule has 0 N–H and O–H groups in total. The largest absolute Gasteiger partial charge is 0.446 e. The van der Waals surface area contributed by atoms with E-state index in [9.17, 15) is 4.79 Å². The first-order valence-corrected chi connectivity index (χ1v) is 5.23. The van der Waals surface area contributed by atoms with Crippen molar-refractivity contribution < 1.29 is 9.53 Å². The number of hydrogen-bond donors (Lipinski definition) is 0. The third-order valence-electron chi connectivity index (χ3n) is 2.61. The summed E-state index contributed by atoms with van der Waals surface area (Å²) in [6.45, 7) is 5.34. The second kappa shape index (κ2) is 5.20. The Morgan fingerprint density at radius 2 is 2.00 bits per heavy atom. The lowest BCUT2D eigenvalue weighted by atomic mass is 10.1. The molecule has 14 heavy (non-hydrogen) atoms. The van der Waals surface area contributed by atoms with Crippen LogP contribution in [0.1, 0.15) is 19.8 Å². The van der Waals surface area contributed by atoms with E-state index in [4.69, 9.17) is 4.74 Å². The van der Waals surface area contributed by atoms with Gasteiger partial charge in [0, 0.05) is 27.2 Å². The maximum Gasteiger partial charge on any atom is 0.409 e. The number of piperidine rings is 1. The number of carbonyl (C=O) groups is 1. The zero-order valence-electron chi connectivity index (χ0n) is 9.32. The average Bonchev–Trinajstić information content (AvgIpc) is 2.19. The van der Waals surface area contributed by atoms with Crippen LogP contribution < -0.4 is 0 Å². The van der Waals surface area contributed by atoms with Crippen molar-refractivity contribution in [3.63, 3.8) is 0 Å². The molecule has 0 bridgehead atoms. The highest BCUT2D eigenvalue weighted by atomic mass is 16.6. The fraction of sp³-hybridized carbons (Fsp3) is 0.900. The molecule has 0 aliphatic carbocycles. The molecule has 0 spiro atoms. The van der Waals surface area contributed by atoms with Gasteiger partial charge in [0.05, 0.1) is 0 Å². The van der Waals surface area contributed by atoms with Crippen LogP contribution in [0.3, 0.4) is 0 Å². The molecule has 1 aliphatic rings. The summed E-state index contributed by atoms with van der Waals surface area (Å²) in [5, 5.41) is 0. The zero-order valence-corrected chi connectivity index (χ0v) is 9.32. The zero-order chi connectivity index (χ0) is 10.6. The Kier molecular flexibility index (Phi) is 4.20. The molecule has 1 aliphatic heterocycles. The summed E-state index contributed by atoms with van der Waals surface area (Å²) in [4.78, 5) is 15.1. The fourth-order valence-corrected chi connectivity index (χ4v) is 1.59. The van der Waals surface area contributed by atoms with Crippen molar-refractivity contribution in [2.45, 2.75) is 25.9 Å². The molecule has 0 unspecified atom stereocenters. The van der Waals surface area contributed by atoms with E-state index in [0.29, 0.717) is 0 Å². The van der Waals surface area contributed by atoms with Crippen molar-refractivity contribution in [1.82, 2.24) is 9.80 Å². The lowest BCUT2D eigenvalue weighted by Crippen LogP contribution is -2.39. The fourth-order valence-electron chi connectivity index (χ4n) is 1.59. The third kappa shape index (κ3) is 3.18. The minimum absolute atomic E-state index is 0.118. The molecule has 0 saturated carbocycles. The highest BCUT2D eigenvalue weighted by molar-refractivity contribution is 5.66. The van der Waals surface area contributed by atoms with Crippen LogP contribution in [-0.2, 0) is 4.74 Å². The van der Waals surface area contributed by atoms with Crippen LogP contribution in [-0.4, -0.2) is 55.7 Å². The molecule has 1 amide bonds. The predicted octanol–water partition coefficient (Wildman–Crippen LogP) is 1.17. The van der Waals surface area contributed by atoms with Crippen LogP contribution in [0, 0.1) is 0 Å². The van der Waals surface area contributed by atoms with E-state index in [1.807, 2.05) is 0 Å². The van der Waals surface area contributed by atoms with Gasteiger partial charge in [-0.05, 0) is 19.4 Å². The van der Waals surface area contributed by atoms with Gasteiger partial charge in [-0.2, -0.15) is 0 Å². The molecule has 0 aromatic rings. The smallest absolute Gasteiger partial charge is 0.409 e. The van der Waals surface area contributed by atoms with Crippen LogP contribution in [0.2, 0.25) is 0 Å². The second-order valence-electron chi connectivity index (χ2n) is 3.91. The summed E-state index contributed by atoms with van der Waals surface area (Å²) >= 11 is 0. The molecule has 1 saturated heterocycles. The first-order chi connectivity index (χ1) is 6.63. The molecule has 1 rings (SSSR count). The third-order valence-corrected chi connectivity index (χ3v) is 2.61. The van der Waals surface area contributed by atoms with E-state index < -0.39 is 0 Å². The molecular weight excluding hydrogens is 180 g/mol. The Bertz CT molecular complexity index is 187. The van der Waals surface area contributed by atoms with E-state index in [1.165, 1.54) is 4.90 Å². The molecule has 82 valence electrons. The van der Waals surface area contributed by atoms with Gasteiger partial charge in [-0.1, -0.05) is 6.92 Å². The lowest BCUT2D eigenvalue weighted by molar-refractivity contribution is 0.0372. The molecule has 1 fully saturated rings. The second-order valence-corrected chi connectivity index (χ2v) is 3.91. The van der Waals surface area contributed by atoms with Gasteiger partial charge in [-0.25, -0.2) is 4.79 Å². The van der Waals surface area contributed by atoms with Gasteiger partial charge in [0.1, 0.15) is 6.10 Å². The first kappa shape index (κ1) is 11.3. The van der Waals surface area contributed by atoms with Gasteiger partial charge < -0.3 is 14.5 Å². The standard InChI is InChI=1S/C10H20N2O2/c1-4-12-7-5-9(6-8-12)14-10(13)11(2)3/h9H,4-8H2,1-3H3. The predicted molar refractivity (Wildman–Crippen MR) is 55.3 cm³/mol. The van der Waals surface area contributed by atoms with E-state index in [1.54, 1.807) is 14.1 Å². The highest BCUT2D eigenvalue weighted by Gasteiger charge is 2.21. The summed E-state index contributed by atoms with van der Waals surface area (Å²) in [6, 6.07) is 0. The summed E-state index contributed by atoms with van der Waals surface area (Å²) in [6.07, 6.45) is 1.83.